The van der Waals surface area contributed by atoms with E-state index in [1.807, 2.05) is 0 Å². The molecule has 0 N–H and O–H groups in total. The summed E-state index contributed by atoms with van der Waals surface area (Å²) in [5.74, 6) is -2.18. The number of hydrogen-bond donors (Lipinski definition) is 0. The number of alkyl halides is 3. The Bertz CT molecular complexity index is 579. The van der Waals surface area contributed by atoms with E-state index in [1.165, 1.54) is 12.1 Å². The lowest BCUT2D eigenvalue weighted by Crippen LogP contribution is -2.32. The van der Waals surface area contributed by atoms with E-state index in [-0.39, 0.29) is 0 Å². The van der Waals surface area contributed by atoms with Gasteiger partial charge in [0.1, 0.15) is 11.9 Å². The van der Waals surface area contributed by atoms with Gasteiger partial charge in [0, 0.05) is 0 Å². The van der Waals surface area contributed by atoms with E-state index in [2.05, 4.69) is 4.18 Å². The smallest absolute Gasteiger partial charge is 0.291 e. The largest absolute Gasteiger partial charge is 0.523 e. The van der Waals surface area contributed by atoms with Crippen molar-refractivity contribution in [1.29, 1.82) is 0 Å². The van der Waals surface area contributed by atoms with Crippen molar-refractivity contribution in [2.75, 3.05) is 0 Å². The Kier molecular flexibility index (Phi) is 4.31. The fourth-order valence-corrected chi connectivity index (χ4v) is 1.74. The van der Waals surface area contributed by atoms with Crippen LogP contribution in [0, 0.1) is 5.82 Å². The van der Waals surface area contributed by atoms with Crippen LogP contribution in [-0.4, -0.2) is 25.8 Å². The summed E-state index contributed by atoms with van der Waals surface area (Å²) < 4.78 is 74.4. The first kappa shape index (κ1) is 15.6. The van der Waals surface area contributed by atoms with Crippen LogP contribution in [0.5, 0.6) is 0 Å². The summed E-state index contributed by atoms with van der Waals surface area (Å²) in [5.41, 5.74) is -6.19. The molecule has 0 radical (unpaired) electrons. The number of Topliss-reactive ketones (excluding diaryl/α,β-unsaturated/α-hetero) is 1. The highest BCUT2D eigenvalue weighted by molar-refractivity contribution is 7.87. The number of carbonyl (C=O) groups is 1. The first-order valence-electron chi connectivity index (χ1n) is 4.84. The van der Waals surface area contributed by atoms with Crippen LogP contribution >= 0.6 is 0 Å². The highest BCUT2D eigenvalue weighted by Gasteiger charge is 2.49. The van der Waals surface area contributed by atoms with Gasteiger partial charge in [0.25, 0.3) is 0 Å². The predicted molar refractivity (Wildman–Crippen MR) is 56.3 cm³/mol. The highest BCUT2D eigenvalue weighted by Crippen LogP contribution is 2.26. The number of halogens is 4. The second-order valence-corrected chi connectivity index (χ2v) is 5.05. The van der Waals surface area contributed by atoms with Crippen LogP contribution in [0.25, 0.3) is 0 Å². The maximum absolute atomic E-state index is 13.2. The van der Waals surface area contributed by atoms with Gasteiger partial charge in [0.05, 0.1) is 5.56 Å². The Hall–Kier alpha value is -1.48. The third kappa shape index (κ3) is 3.51. The van der Waals surface area contributed by atoms with E-state index in [1.54, 1.807) is 0 Å². The molecule has 1 aromatic rings. The van der Waals surface area contributed by atoms with Gasteiger partial charge in [-0.2, -0.15) is 21.6 Å². The van der Waals surface area contributed by atoms with Gasteiger partial charge in [0.2, 0.25) is 0 Å². The predicted octanol–water partition coefficient (Wildman–Crippen LogP) is 2.26. The zero-order chi connectivity index (χ0) is 14.8. The van der Waals surface area contributed by atoms with Gasteiger partial charge in [-0.1, -0.05) is 12.1 Å². The van der Waals surface area contributed by atoms with Crippen LogP contribution in [0.4, 0.5) is 17.6 Å². The summed E-state index contributed by atoms with van der Waals surface area (Å²) in [4.78, 5) is 11.6. The second-order valence-electron chi connectivity index (χ2n) is 3.48. The van der Waals surface area contributed by atoms with Crippen molar-refractivity contribution in [1.82, 2.24) is 0 Å². The van der Waals surface area contributed by atoms with Crippen LogP contribution < -0.4 is 0 Å². The molecule has 0 saturated heterocycles. The van der Waals surface area contributed by atoms with Gasteiger partial charge in [-0.3, -0.25) is 8.98 Å². The van der Waals surface area contributed by atoms with E-state index < -0.39 is 38.9 Å². The summed E-state index contributed by atoms with van der Waals surface area (Å²) in [6.07, 6.45) is -1.98. The van der Waals surface area contributed by atoms with E-state index in [4.69, 9.17) is 0 Å². The molecule has 0 fully saturated rings. The molecule has 1 rings (SSSR count). The monoisotopic (exact) mass is 300 g/mol. The zero-order valence-corrected chi connectivity index (χ0v) is 10.3. The van der Waals surface area contributed by atoms with Gasteiger partial charge >= 0.3 is 15.6 Å². The van der Waals surface area contributed by atoms with Crippen molar-refractivity contribution in [3.05, 3.63) is 35.6 Å². The average molecular weight is 300 g/mol. The van der Waals surface area contributed by atoms with E-state index in [0.29, 0.717) is 0 Å². The van der Waals surface area contributed by atoms with Crippen molar-refractivity contribution in [3.8, 4) is 0 Å². The Morgan fingerprint density at radius 1 is 1.26 bits per heavy atom. The molecule has 0 aromatic heterocycles. The minimum absolute atomic E-state index is 0.549. The Morgan fingerprint density at radius 2 is 1.79 bits per heavy atom. The Balaban J connectivity index is 2.95. The second kappa shape index (κ2) is 5.25. The third-order valence-corrected chi connectivity index (χ3v) is 3.17. The molecule has 1 atom stereocenters. The summed E-state index contributed by atoms with van der Waals surface area (Å²) in [5, 5.41) is 0. The molecule has 0 aliphatic rings. The highest BCUT2D eigenvalue weighted by atomic mass is 32.2. The normalized spacial score (nSPS) is 14.2. The van der Waals surface area contributed by atoms with E-state index in [9.17, 15) is 30.8 Å². The number of ketones is 1. The van der Waals surface area contributed by atoms with E-state index in [0.717, 1.165) is 19.1 Å². The number of rotatable bonds is 4. The number of benzene rings is 1. The molecule has 0 aliphatic heterocycles. The lowest BCUT2D eigenvalue weighted by molar-refractivity contribution is -0.0558. The summed E-state index contributed by atoms with van der Waals surface area (Å²) >= 11 is 0. The first-order chi connectivity index (χ1) is 8.56. The average Bonchev–Trinajstić information content (AvgIpc) is 2.26. The molecule has 4 nitrogen and oxygen atoms in total. The van der Waals surface area contributed by atoms with Crippen LogP contribution in [0.2, 0.25) is 0 Å². The molecular formula is C10H8F4O4S. The van der Waals surface area contributed by atoms with Crippen LogP contribution in [0.1, 0.15) is 17.3 Å². The van der Waals surface area contributed by atoms with Crippen molar-refractivity contribution in [2.24, 2.45) is 0 Å². The van der Waals surface area contributed by atoms with Crippen molar-refractivity contribution >= 4 is 15.9 Å². The van der Waals surface area contributed by atoms with Gasteiger partial charge in [-0.25, -0.2) is 4.39 Å². The topological polar surface area (TPSA) is 60.4 Å². The minimum atomic E-state index is -5.91. The SMILES string of the molecule is C[C@H](OS(=O)(=O)C(F)(F)F)C(=O)c1ccccc1F. The molecule has 0 aliphatic carbocycles. The van der Waals surface area contributed by atoms with Crippen molar-refractivity contribution < 1.29 is 35.0 Å². The quantitative estimate of drug-likeness (QED) is 0.370. The van der Waals surface area contributed by atoms with Gasteiger partial charge in [0.15, 0.2) is 5.78 Å². The van der Waals surface area contributed by atoms with E-state index >= 15 is 0 Å². The van der Waals surface area contributed by atoms with Crippen LogP contribution in [0.3, 0.4) is 0 Å². The molecule has 0 unspecified atom stereocenters. The molecule has 0 amide bonds. The Labute approximate surface area is 106 Å². The Morgan fingerprint density at radius 3 is 2.26 bits per heavy atom. The van der Waals surface area contributed by atoms with Gasteiger partial charge < -0.3 is 0 Å². The molecule has 19 heavy (non-hydrogen) atoms. The van der Waals surface area contributed by atoms with Crippen LogP contribution in [-0.2, 0) is 14.3 Å². The molecule has 0 spiro atoms. The molecule has 1 aromatic carbocycles. The minimum Gasteiger partial charge on any atom is -0.291 e. The molecule has 106 valence electrons. The molecule has 0 bridgehead atoms. The molecule has 9 heteroatoms. The van der Waals surface area contributed by atoms with Crippen LogP contribution in [0.15, 0.2) is 24.3 Å². The maximum atomic E-state index is 13.2. The lowest BCUT2D eigenvalue weighted by Gasteiger charge is -2.13. The fourth-order valence-electron chi connectivity index (χ4n) is 1.17. The molecule has 0 heterocycles. The standard InChI is InChI=1S/C10H8F4O4S/c1-6(18-19(16,17)10(12,13)14)9(15)7-4-2-3-5-8(7)11/h2-6H,1H3/t6-/m0/s1. The molecule has 0 saturated carbocycles. The number of carbonyl (C=O) groups excluding carboxylic acids is 1. The van der Waals surface area contributed by atoms with Gasteiger partial charge in [-0.15, -0.1) is 0 Å². The summed E-state index contributed by atoms with van der Waals surface area (Å²) in [7, 11) is -5.91. The zero-order valence-electron chi connectivity index (χ0n) is 9.44. The first-order valence-corrected chi connectivity index (χ1v) is 6.25. The number of hydrogen-bond acceptors (Lipinski definition) is 4. The third-order valence-electron chi connectivity index (χ3n) is 2.06. The lowest BCUT2D eigenvalue weighted by atomic mass is 10.1. The molecular weight excluding hydrogens is 292 g/mol. The van der Waals surface area contributed by atoms with Gasteiger partial charge in [-0.05, 0) is 19.1 Å². The summed E-state index contributed by atoms with van der Waals surface area (Å²) in [6.45, 7) is 0.790. The fraction of sp³-hybridized carbons (Fsp3) is 0.300. The van der Waals surface area contributed by atoms with Crippen molar-refractivity contribution in [2.45, 2.75) is 18.5 Å². The van der Waals surface area contributed by atoms with Crippen molar-refractivity contribution in [3.63, 3.8) is 0 Å². The maximum Gasteiger partial charge on any atom is 0.523 e. The summed E-state index contributed by atoms with van der Waals surface area (Å²) in [6, 6.07) is 4.47.